The SMILES string of the molecule is Cc1ccc(-c2ncc(CN)c(N)n2)cc1F. The van der Waals surface area contributed by atoms with E-state index in [1.807, 2.05) is 0 Å². The largest absolute Gasteiger partial charge is 0.383 e. The van der Waals surface area contributed by atoms with Gasteiger partial charge in [0.25, 0.3) is 0 Å². The van der Waals surface area contributed by atoms with Crippen molar-refractivity contribution in [3.05, 3.63) is 41.3 Å². The van der Waals surface area contributed by atoms with Crippen molar-refractivity contribution in [3.63, 3.8) is 0 Å². The molecular formula is C12H13FN4. The molecular weight excluding hydrogens is 219 g/mol. The van der Waals surface area contributed by atoms with Crippen LogP contribution in [0.25, 0.3) is 11.4 Å². The maximum atomic E-state index is 13.4. The van der Waals surface area contributed by atoms with E-state index in [4.69, 9.17) is 11.5 Å². The summed E-state index contributed by atoms with van der Waals surface area (Å²) in [5.74, 6) is 0.449. The van der Waals surface area contributed by atoms with Gasteiger partial charge in [0.15, 0.2) is 5.82 Å². The number of benzene rings is 1. The zero-order valence-corrected chi connectivity index (χ0v) is 9.44. The third kappa shape index (κ3) is 2.24. The van der Waals surface area contributed by atoms with Crippen LogP contribution in [0.5, 0.6) is 0 Å². The predicted octanol–water partition coefficient (Wildman–Crippen LogP) is 1.63. The summed E-state index contributed by atoms with van der Waals surface area (Å²) in [4.78, 5) is 8.22. The molecule has 17 heavy (non-hydrogen) atoms. The van der Waals surface area contributed by atoms with Crippen molar-refractivity contribution in [2.75, 3.05) is 5.73 Å². The van der Waals surface area contributed by atoms with E-state index in [2.05, 4.69) is 9.97 Å². The molecule has 0 atom stereocenters. The highest BCUT2D eigenvalue weighted by atomic mass is 19.1. The first-order valence-corrected chi connectivity index (χ1v) is 5.20. The summed E-state index contributed by atoms with van der Waals surface area (Å²) in [6.45, 7) is 1.99. The first kappa shape index (κ1) is 11.5. The van der Waals surface area contributed by atoms with Crippen molar-refractivity contribution in [2.45, 2.75) is 13.5 Å². The number of nitrogens with zero attached hydrogens (tertiary/aromatic N) is 2. The molecule has 0 radical (unpaired) electrons. The second-order valence-electron chi connectivity index (χ2n) is 3.77. The molecule has 0 aliphatic rings. The van der Waals surface area contributed by atoms with Crippen LogP contribution in [0.1, 0.15) is 11.1 Å². The van der Waals surface area contributed by atoms with Crippen molar-refractivity contribution in [1.29, 1.82) is 0 Å². The van der Waals surface area contributed by atoms with Gasteiger partial charge in [0.2, 0.25) is 0 Å². The maximum Gasteiger partial charge on any atom is 0.161 e. The van der Waals surface area contributed by atoms with Crippen LogP contribution >= 0.6 is 0 Å². The molecule has 0 saturated carbocycles. The van der Waals surface area contributed by atoms with Crippen molar-refractivity contribution in [2.24, 2.45) is 5.73 Å². The van der Waals surface area contributed by atoms with Crippen LogP contribution in [0.3, 0.4) is 0 Å². The van der Waals surface area contributed by atoms with Gasteiger partial charge in [-0.15, -0.1) is 0 Å². The number of hydrogen-bond donors (Lipinski definition) is 2. The second kappa shape index (κ2) is 4.47. The number of anilines is 1. The van der Waals surface area contributed by atoms with Gasteiger partial charge in [0.1, 0.15) is 11.6 Å². The summed E-state index contributed by atoms with van der Waals surface area (Å²) in [6.07, 6.45) is 1.56. The molecule has 88 valence electrons. The minimum atomic E-state index is -0.285. The van der Waals surface area contributed by atoms with Crippen LogP contribution < -0.4 is 11.5 Å². The normalized spacial score (nSPS) is 10.5. The molecule has 1 heterocycles. The lowest BCUT2D eigenvalue weighted by Crippen LogP contribution is -2.05. The summed E-state index contributed by atoms with van der Waals surface area (Å²) >= 11 is 0. The molecule has 1 aromatic carbocycles. The Morgan fingerprint density at radius 1 is 1.35 bits per heavy atom. The standard InChI is InChI=1S/C12H13FN4/c1-7-2-3-8(4-10(7)13)12-16-6-9(5-14)11(15)17-12/h2-4,6H,5,14H2,1H3,(H2,15,16,17). The van der Waals surface area contributed by atoms with Gasteiger partial charge in [-0.3, -0.25) is 0 Å². The van der Waals surface area contributed by atoms with Crippen LogP contribution in [0.15, 0.2) is 24.4 Å². The quantitative estimate of drug-likeness (QED) is 0.825. The Labute approximate surface area is 98.5 Å². The van der Waals surface area contributed by atoms with Crippen molar-refractivity contribution in [3.8, 4) is 11.4 Å². The summed E-state index contributed by atoms with van der Waals surface area (Å²) in [5, 5.41) is 0. The molecule has 0 fully saturated rings. The topological polar surface area (TPSA) is 77.8 Å². The molecule has 0 aliphatic carbocycles. The first-order valence-electron chi connectivity index (χ1n) is 5.20. The van der Waals surface area contributed by atoms with Crippen molar-refractivity contribution >= 4 is 5.82 Å². The molecule has 0 amide bonds. The van der Waals surface area contributed by atoms with Gasteiger partial charge in [0, 0.05) is 23.9 Å². The fourth-order valence-electron chi connectivity index (χ4n) is 1.45. The molecule has 0 unspecified atom stereocenters. The lowest BCUT2D eigenvalue weighted by molar-refractivity contribution is 0.619. The summed E-state index contributed by atoms with van der Waals surface area (Å²) in [6, 6.07) is 4.84. The highest BCUT2D eigenvalue weighted by Crippen LogP contribution is 2.19. The molecule has 4 nitrogen and oxygen atoms in total. The monoisotopic (exact) mass is 232 g/mol. The average Bonchev–Trinajstić information content (AvgIpc) is 2.32. The van der Waals surface area contributed by atoms with E-state index in [1.54, 1.807) is 25.3 Å². The second-order valence-corrected chi connectivity index (χ2v) is 3.77. The molecule has 5 heteroatoms. The number of nitrogens with two attached hydrogens (primary N) is 2. The minimum Gasteiger partial charge on any atom is -0.383 e. The Balaban J connectivity index is 2.46. The lowest BCUT2D eigenvalue weighted by Gasteiger charge is -2.05. The minimum absolute atomic E-state index is 0.285. The Kier molecular flexibility index (Phi) is 3.01. The van der Waals surface area contributed by atoms with E-state index >= 15 is 0 Å². The van der Waals surface area contributed by atoms with E-state index < -0.39 is 0 Å². The van der Waals surface area contributed by atoms with E-state index in [-0.39, 0.29) is 12.4 Å². The molecule has 0 aliphatic heterocycles. The highest BCUT2D eigenvalue weighted by molar-refractivity contribution is 5.58. The predicted molar refractivity (Wildman–Crippen MR) is 64.5 cm³/mol. The molecule has 2 rings (SSSR count). The Morgan fingerprint density at radius 2 is 2.12 bits per heavy atom. The number of aryl methyl sites for hydroxylation is 1. The maximum absolute atomic E-state index is 13.4. The molecule has 0 bridgehead atoms. The Hall–Kier alpha value is -2.01. The van der Waals surface area contributed by atoms with Crippen molar-refractivity contribution < 1.29 is 4.39 Å². The summed E-state index contributed by atoms with van der Waals surface area (Å²) in [7, 11) is 0. The first-order chi connectivity index (χ1) is 8.11. The summed E-state index contributed by atoms with van der Waals surface area (Å²) < 4.78 is 13.4. The van der Waals surface area contributed by atoms with E-state index in [0.29, 0.717) is 28.3 Å². The Bertz CT molecular complexity index is 554. The molecule has 2 aromatic rings. The van der Waals surface area contributed by atoms with E-state index in [9.17, 15) is 4.39 Å². The fourth-order valence-corrected chi connectivity index (χ4v) is 1.45. The third-order valence-corrected chi connectivity index (χ3v) is 2.55. The lowest BCUT2D eigenvalue weighted by atomic mass is 10.1. The van der Waals surface area contributed by atoms with E-state index in [0.717, 1.165) is 0 Å². The summed E-state index contributed by atoms with van der Waals surface area (Å²) in [5.41, 5.74) is 13.0. The van der Waals surface area contributed by atoms with Gasteiger partial charge in [-0.25, -0.2) is 14.4 Å². The van der Waals surface area contributed by atoms with Crippen LogP contribution in [-0.4, -0.2) is 9.97 Å². The average molecular weight is 232 g/mol. The number of rotatable bonds is 2. The van der Waals surface area contributed by atoms with Gasteiger partial charge >= 0.3 is 0 Å². The van der Waals surface area contributed by atoms with Gasteiger partial charge in [0.05, 0.1) is 0 Å². The number of halogens is 1. The number of nitrogen functional groups attached to an aromatic ring is 1. The molecule has 1 aromatic heterocycles. The van der Waals surface area contributed by atoms with Gasteiger partial charge < -0.3 is 11.5 Å². The zero-order valence-electron chi connectivity index (χ0n) is 9.44. The van der Waals surface area contributed by atoms with Crippen LogP contribution in [0.2, 0.25) is 0 Å². The highest BCUT2D eigenvalue weighted by Gasteiger charge is 2.07. The molecule has 0 saturated heterocycles. The number of hydrogen-bond acceptors (Lipinski definition) is 4. The van der Waals surface area contributed by atoms with Crippen LogP contribution in [0, 0.1) is 12.7 Å². The van der Waals surface area contributed by atoms with Crippen LogP contribution in [0.4, 0.5) is 10.2 Å². The van der Waals surface area contributed by atoms with Gasteiger partial charge in [-0.05, 0) is 18.6 Å². The van der Waals surface area contributed by atoms with Crippen LogP contribution in [-0.2, 0) is 6.54 Å². The van der Waals surface area contributed by atoms with Gasteiger partial charge in [-0.2, -0.15) is 0 Å². The fraction of sp³-hybridized carbons (Fsp3) is 0.167. The smallest absolute Gasteiger partial charge is 0.161 e. The Morgan fingerprint density at radius 3 is 2.71 bits per heavy atom. The van der Waals surface area contributed by atoms with E-state index in [1.165, 1.54) is 6.07 Å². The third-order valence-electron chi connectivity index (χ3n) is 2.55. The zero-order chi connectivity index (χ0) is 12.4. The van der Waals surface area contributed by atoms with Gasteiger partial charge in [-0.1, -0.05) is 12.1 Å². The number of aromatic nitrogens is 2. The molecule has 0 spiro atoms. The van der Waals surface area contributed by atoms with Crippen molar-refractivity contribution in [1.82, 2.24) is 9.97 Å². The molecule has 4 N–H and O–H groups in total.